The van der Waals surface area contributed by atoms with Crippen LogP contribution in [0.15, 0.2) is 22.2 Å². The number of hydrogen-bond acceptors (Lipinski definition) is 4. The van der Waals surface area contributed by atoms with Gasteiger partial charge in [-0.25, -0.2) is 4.98 Å². The third-order valence-electron chi connectivity index (χ3n) is 1.27. The van der Waals surface area contributed by atoms with E-state index in [9.17, 15) is 0 Å². The standard InChI is InChI=1S/C7H6N2OS/c1-5-4-6(10-9-5)7-8-2-3-11-7/h2-4H,1H3. The van der Waals surface area contributed by atoms with Gasteiger partial charge in [-0.05, 0) is 6.92 Å². The van der Waals surface area contributed by atoms with Crippen molar-refractivity contribution >= 4 is 11.3 Å². The molecule has 3 nitrogen and oxygen atoms in total. The number of aromatic nitrogens is 2. The number of rotatable bonds is 1. The van der Waals surface area contributed by atoms with Gasteiger partial charge in [0.15, 0.2) is 10.8 Å². The van der Waals surface area contributed by atoms with Gasteiger partial charge in [-0.3, -0.25) is 0 Å². The highest BCUT2D eigenvalue weighted by atomic mass is 32.1. The molecule has 0 N–H and O–H groups in total. The highest BCUT2D eigenvalue weighted by molar-refractivity contribution is 7.13. The molecular formula is C7H6N2OS. The summed E-state index contributed by atoms with van der Waals surface area (Å²) in [5.74, 6) is 0.748. The van der Waals surface area contributed by atoms with Gasteiger partial charge in [-0.1, -0.05) is 5.16 Å². The van der Waals surface area contributed by atoms with Crippen molar-refractivity contribution in [2.75, 3.05) is 0 Å². The fourth-order valence-corrected chi connectivity index (χ4v) is 1.39. The van der Waals surface area contributed by atoms with E-state index in [0.29, 0.717) is 0 Å². The van der Waals surface area contributed by atoms with Crippen LogP contribution in [-0.2, 0) is 0 Å². The Hall–Kier alpha value is -1.16. The van der Waals surface area contributed by atoms with Crippen LogP contribution in [0.1, 0.15) is 5.69 Å². The molecule has 2 aromatic rings. The zero-order valence-electron chi connectivity index (χ0n) is 5.94. The fourth-order valence-electron chi connectivity index (χ4n) is 0.810. The van der Waals surface area contributed by atoms with Crippen molar-refractivity contribution in [3.8, 4) is 10.8 Å². The third kappa shape index (κ3) is 1.17. The minimum atomic E-state index is 0.748. The summed E-state index contributed by atoms with van der Waals surface area (Å²) >= 11 is 1.54. The second kappa shape index (κ2) is 2.47. The van der Waals surface area contributed by atoms with Crippen molar-refractivity contribution in [2.24, 2.45) is 0 Å². The van der Waals surface area contributed by atoms with E-state index in [1.165, 1.54) is 0 Å². The van der Waals surface area contributed by atoms with E-state index in [1.807, 2.05) is 18.4 Å². The molecule has 0 aliphatic rings. The lowest BCUT2D eigenvalue weighted by atomic mass is 10.4. The summed E-state index contributed by atoms with van der Waals surface area (Å²) in [5, 5.41) is 6.55. The van der Waals surface area contributed by atoms with Gasteiger partial charge >= 0.3 is 0 Å². The Balaban J connectivity index is 2.45. The molecule has 4 heteroatoms. The molecule has 2 aromatic heterocycles. The average Bonchev–Trinajstić information content (AvgIpc) is 2.55. The zero-order valence-corrected chi connectivity index (χ0v) is 6.76. The summed E-state index contributed by atoms with van der Waals surface area (Å²) in [6.07, 6.45) is 1.75. The molecule has 0 bridgehead atoms. The van der Waals surface area contributed by atoms with Crippen LogP contribution >= 0.6 is 11.3 Å². The van der Waals surface area contributed by atoms with Gasteiger partial charge in [0.2, 0.25) is 0 Å². The molecule has 0 saturated heterocycles. The monoisotopic (exact) mass is 166 g/mol. The normalized spacial score (nSPS) is 10.3. The summed E-state index contributed by atoms with van der Waals surface area (Å²) in [4.78, 5) is 4.08. The van der Waals surface area contributed by atoms with Gasteiger partial charge in [0.1, 0.15) is 0 Å². The average molecular weight is 166 g/mol. The number of hydrogen-bond donors (Lipinski definition) is 0. The van der Waals surface area contributed by atoms with Crippen LogP contribution in [0.3, 0.4) is 0 Å². The van der Waals surface area contributed by atoms with E-state index in [2.05, 4.69) is 10.1 Å². The minimum absolute atomic E-state index is 0.748. The molecule has 0 spiro atoms. The molecule has 0 radical (unpaired) electrons. The minimum Gasteiger partial charge on any atom is -0.353 e. The molecule has 0 fully saturated rings. The summed E-state index contributed by atoms with van der Waals surface area (Å²) in [7, 11) is 0. The molecule has 0 atom stereocenters. The summed E-state index contributed by atoms with van der Waals surface area (Å²) in [6, 6.07) is 1.87. The second-order valence-corrected chi connectivity index (χ2v) is 3.06. The Labute approximate surface area is 67.7 Å². The Morgan fingerprint density at radius 2 is 2.45 bits per heavy atom. The Bertz CT molecular complexity index is 339. The SMILES string of the molecule is Cc1cc(-c2nccs2)on1. The Morgan fingerprint density at radius 3 is 3.00 bits per heavy atom. The van der Waals surface area contributed by atoms with E-state index >= 15 is 0 Å². The third-order valence-corrected chi connectivity index (χ3v) is 2.06. The molecule has 0 amide bonds. The summed E-state index contributed by atoms with van der Waals surface area (Å²) in [5.41, 5.74) is 0.884. The quantitative estimate of drug-likeness (QED) is 0.651. The van der Waals surface area contributed by atoms with Crippen molar-refractivity contribution in [1.82, 2.24) is 10.1 Å². The second-order valence-electron chi connectivity index (χ2n) is 2.17. The fraction of sp³-hybridized carbons (Fsp3) is 0.143. The molecule has 2 rings (SSSR count). The van der Waals surface area contributed by atoms with Crippen LogP contribution in [-0.4, -0.2) is 10.1 Å². The first-order valence-corrected chi connectivity index (χ1v) is 4.07. The predicted octanol–water partition coefficient (Wildman–Crippen LogP) is 2.11. The smallest absolute Gasteiger partial charge is 0.195 e. The Kier molecular flexibility index (Phi) is 1.47. The number of nitrogens with zero attached hydrogens (tertiary/aromatic N) is 2. The lowest BCUT2D eigenvalue weighted by molar-refractivity contribution is 0.427. The van der Waals surface area contributed by atoms with Crippen molar-refractivity contribution in [3.05, 3.63) is 23.3 Å². The molecule has 0 aliphatic heterocycles. The van der Waals surface area contributed by atoms with Gasteiger partial charge < -0.3 is 4.52 Å². The van der Waals surface area contributed by atoms with Gasteiger partial charge in [-0.2, -0.15) is 0 Å². The number of thiazole rings is 1. The topological polar surface area (TPSA) is 38.9 Å². The molecule has 56 valence electrons. The maximum Gasteiger partial charge on any atom is 0.195 e. The first-order chi connectivity index (χ1) is 5.36. The summed E-state index contributed by atoms with van der Waals surface area (Å²) in [6.45, 7) is 1.89. The van der Waals surface area contributed by atoms with E-state index in [0.717, 1.165) is 16.5 Å². The molecule has 0 saturated carbocycles. The largest absolute Gasteiger partial charge is 0.353 e. The van der Waals surface area contributed by atoms with Gasteiger partial charge in [0.05, 0.1) is 5.69 Å². The molecular weight excluding hydrogens is 160 g/mol. The number of aryl methyl sites for hydroxylation is 1. The molecule has 11 heavy (non-hydrogen) atoms. The van der Waals surface area contributed by atoms with Crippen molar-refractivity contribution < 1.29 is 4.52 Å². The van der Waals surface area contributed by atoms with Crippen LogP contribution in [0.4, 0.5) is 0 Å². The summed E-state index contributed by atoms with van der Waals surface area (Å²) < 4.78 is 5.01. The van der Waals surface area contributed by atoms with Crippen LogP contribution in [0.2, 0.25) is 0 Å². The highest BCUT2D eigenvalue weighted by Crippen LogP contribution is 2.21. The van der Waals surface area contributed by atoms with Crippen molar-refractivity contribution in [1.29, 1.82) is 0 Å². The van der Waals surface area contributed by atoms with Crippen LogP contribution < -0.4 is 0 Å². The highest BCUT2D eigenvalue weighted by Gasteiger charge is 2.04. The maximum atomic E-state index is 5.01. The van der Waals surface area contributed by atoms with E-state index in [-0.39, 0.29) is 0 Å². The lowest BCUT2D eigenvalue weighted by Gasteiger charge is -1.81. The van der Waals surface area contributed by atoms with Crippen molar-refractivity contribution in [2.45, 2.75) is 6.92 Å². The molecule has 2 heterocycles. The van der Waals surface area contributed by atoms with E-state index in [1.54, 1.807) is 17.5 Å². The van der Waals surface area contributed by atoms with Crippen LogP contribution in [0.25, 0.3) is 10.8 Å². The maximum absolute atomic E-state index is 5.01. The van der Waals surface area contributed by atoms with Crippen molar-refractivity contribution in [3.63, 3.8) is 0 Å². The Morgan fingerprint density at radius 1 is 1.55 bits per heavy atom. The first kappa shape index (κ1) is 6.54. The zero-order chi connectivity index (χ0) is 7.68. The van der Waals surface area contributed by atoms with Gasteiger partial charge in [-0.15, -0.1) is 11.3 Å². The van der Waals surface area contributed by atoms with Crippen LogP contribution in [0.5, 0.6) is 0 Å². The molecule has 0 unspecified atom stereocenters. The van der Waals surface area contributed by atoms with E-state index in [4.69, 9.17) is 4.52 Å². The van der Waals surface area contributed by atoms with E-state index < -0.39 is 0 Å². The molecule has 0 aromatic carbocycles. The molecule has 0 aliphatic carbocycles. The lowest BCUT2D eigenvalue weighted by Crippen LogP contribution is -1.66. The van der Waals surface area contributed by atoms with Gasteiger partial charge in [0, 0.05) is 17.6 Å². The van der Waals surface area contributed by atoms with Gasteiger partial charge in [0.25, 0.3) is 0 Å². The predicted molar refractivity (Wildman–Crippen MR) is 42.3 cm³/mol. The van der Waals surface area contributed by atoms with Crippen LogP contribution in [0, 0.1) is 6.92 Å². The first-order valence-electron chi connectivity index (χ1n) is 3.19.